The van der Waals surface area contributed by atoms with Crippen LogP contribution in [0, 0.1) is 11.8 Å². The maximum Gasteiger partial charge on any atom is 0.330 e. The number of hydrogen-bond donors (Lipinski definition) is 1. The molecule has 1 saturated carbocycles. The Morgan fingerprint density at radius 3 is 2.48 bits per heavy atom. The Morgan fingerprint density at radius 1 is 1.24 bits per heavy atom. The lowest BCUT2D eigenvalue weighted by molar-refractivity contribution is -0.146. The second-order valence-electron chi connectivity index (χ2n) is 5.58. The summed E-state index contributed by atoms with van der Waals surface area (Å²) in [6.07, 6.45) is 3.37. The summed E-state index contributed by atoms with van der Waals surface area (Å²) in [6.45, 7) is 0.362. The zero-order valence-electron chi connectivity index (χ0n) is 12.5. The number of rotatable bonds is 6. The molecule has 4 amide bonds. The van der Waals surface area contributed by atoms with Gasteiger partial charge in [0.2, 0.25) is 11.8 Å². The summed E-state index contributed by atoms with van der Waals surface area (Å²) >= 11 is 0. The van der Waals surface area contributed by atoms with Crippen molar-refractivity contribution in [1.29, 1.82) is 0 Å². The van der Waals surface area contributed by atoms with Gasteiger partial charge in [0.15, 0.2) is 0 Å². The molecule has 0 aromatic rings. The van der Waals surface area contributed by atoms with Crippen molar-refractivity contribution in [2.45, 2.75) is 31.8 Å². The minimum Gasteiger partial charge on any atom is -0.382 e. The van der Waals surface area contributed by atoms with Crippen LogP contribution in [0.3, 0.4) is 0 Å². The van der Waals surface area contributed by atoms with E-state index < -0.39 is 29.9 Å². The minimum absolute atomic E-state index is 0.0384. The van der Waals surface area contributed by atoms with E-state index in [1.54, 1.807) is 0 Å². The summed E-state index contributed by atoms with van der Waals surface area (Å²) in [7, 11) is 3.02. The highest BCUT2D eigenvalue weighted by Gasteiger charge is 2.45. The van der Waals surface area contributed by atoms with Gasteiger partial charge in [-0.3, -0.25) is 19.8 Å². The molecule has 2 atom stereocenters. The lowest BCUT2D eigenvalue weighted by atomic mass is 9.87. The lowest BCUT2D eigenvalue weighted by Crippen LogP contribution is -2.61. The van der Waals surface area contributed by atoms with Crippen molar-refractivity contribution >= 4 is 17.8 Å². The Balaban J connectivity index is 2.10. The molecule has 0 radical (unpaired) electrons. The molecule has 2 rings (SSSR count). The molecule has 2 fully saturated rings. The Hall–Kier alpha value is -1.47. The second-order valence-corrected chi connectivity index (χ2v) is 5.58. The summed E-state index contributed by atoms with van der Waals surface area (Å²) in [6, 6.07) is -0.669. The van der Waals surface area contributed by atoms with Crippen molar-refractivity contribution in [3.05, 3.63) is 0 Å². The maximum absolute atomic E-state index is 12.5. The monoisotopic (exact) mass is 298 g/mol. The van der Waals surface area contributed by atoms with Gasteiger partial charge in [0.25, 0.3) is 0 Å². The molecule has 0 bridgehead atoms. The number of carbonyl (C=O) groups excluding carboxylic acids is 3. The number of hydrogen-bond acceptors (Lipinski definition) is 5. The van der Waals surface area contributed by atoms with Gasteiger partial charge >= 0.3 is 6.03 Å². The van der Waals surface area contributed by atoms with E-state index >= 15 is 0 Å². The van der Waals surface area contributed by atoms with E-state index in [-0.39, 0.29) is 19.1 Å². The molecular formula is C14H22N2O5. The molecule has 1 N–H and O–H groups in total. The minimum atomic E-state index is -0.745. The third-order valence-electron chi connectivity index (χ3n) is 4.23. The molecule has 21 heavy (non-hydrogen) atoms. The third kappa shape index (κ3) is 3.41. The topological polar surface area (TPSA) is 84.9 Å². The van der Waals surface area contributed by atoms with E-state index in [1.807, 2.05) is 0 Å². The molecule has 7 nitrogen and oxygen atoms in total. The van der Waals surface area contributed by atoms with Crippen molar-refractivity contribution in [2.24, 2.45) is 11.8 Å². The van der Waals surface area contributed by atoms with Gasteiger partial charge in [-0.05, 0) is 18.8 Å². The van der Waals surface area contributed by atoms with Crippen molar-refractivity contribution in [3.8, 4) is 0 Å². The number of imide groups is 2. The zero-order valence-corrected chi connectivity index (χ0v) is 12.5. The van der Waals surface area contributed by atoms with Gasteiger partial charge < -0.3 is 9.47 Å². The van der Waals surface area contributed by atoms with Crippen LogP contribution < -0.4 is 5.32 Å². The van der Waals surface area contributed by atoms with Crippen LogP contribution in [0.15, 0.2) is 0 Å². The Kier molecular flexibility index (Phi) is 5.30. The number of amides is 4. The highest BCUT2D eigenvalue weighted by molar-refractivity contribution is 6.16. The van der Waals surface area contributed by atoms with Crippen LogP contribution in [-0.4, -0.2) is 56.2 Å². The first-order valence-corrected chi connectivity index (χ1v) is 7.26. The quantitative estimate of drug-likeness (QED) is 0.723. The SMILES string of the molecule is COCC(CN1C(=O)NC(=O)C(C2CCCC2)C1=O)OC. The first-order chi connectivity index (χ1) is 10.1. The van der Waals surface area contributed by atoms with E-state index in [9.17, 15) is 14.4 Å². The highest BCUT2D eigenvalue weighted by Crippen LogP contribution is 2.33. The van der Waals surface area contributed by atoms with Gasteiger partial charge in [0.1, 0.15) is 5.92 Å². The highest BCUT2D eigenvalue weighted by atomic mass is 16.5. The van der Waals surface area contributed by atoms with Crippen LogP contribution in [-0.2, 0) is 19.1 Å². The predicted molar refractivity (Wildman–Crippen MR) is 73.4 cm³/mol. The van der Waals surface area contributed by atoms with Crippen LogP contribution in [0.25, 0.3) is 0 Å². The van der Waals surface area contributed by atoms with Crippen molar-refractivity contribution in [2.75, 3.05) is 27.4 Å². The van der Waals surface area contributed by atoms with Crippen LogP contribution in [0.5, 0.6) is 0 Å². The van der Waals surface area contributed by atoms with Crippen molar-refractivity contribution in [1.82, 2.24) is 10.2 Å². The molecule has 1 heterocycles. The van der Waals surface area contributed by atoms with Gasteiger partial charge in [-0.1, -0.05) is 12.8 Å². The van der Waals surface area contributed by atoms with Gasteiger partial charge in [-0.25, -0.2) is 4.79 Å². The maximum atomic E-state index is 12.5. The summed E-state index contributed by atoms with van der Waals surface area (Å²) < 4.78 is 10.2. The fraction of sp³-hybridized carbons (Fsp3) is 0.786. The predicted octanol–water partition coefficient (Wildman–Crippen LogP) is 0.533. The molecule has 7 heteroatoms. The van der Waals surface area contributed by atoms with Crippen molar-refractivity contribution < 1.29 is 23.9 Å². The third-order valence-corrected chi connectivity index (χ3v) is 4.23. The van der Waals surface area contributed by atoms with Crippen LogP contribution in [0.4, 0.5) is 4.79 Å². The van der Waals surface area contributed by atoms with E-state index in [2.05, 4.69) is 5.32 Å². The number of methoxy groups -OCH3 is 2. The van der Waals surface area contributed by atoms with Crippen LogP contribution in [0.2, 0.25) is 0 Å². The molecule has 118 valence electrons. The zero-order chi connectivity index (χ0) is 15.4. The Morgan fingerprint density at radius 2 is 1.90 bits per heavy atom. The molecule has 0 aromatic carbocycles. The summed E-state index contributed by atoms with van der Waals surface area (Å²) in [5, 5.41) is 2.29. The smallest absolute Gasteiger partial charge is 0.330 e. The summed E-state index contributed by atoms with van der Waals surface area (Å²) in [5.74, 6) is -1.58. The molecular weight excluding hydrogens is 276 g/mol. The van der Waals surface area contributed by atoms with Crippen LogP contribution >= 0.6 is 0 Å². The Labute approximate surface area is 123 Å². The van der Waals surface area contributed by atoms with E-state index in [0.29, 0.717) is 0 Å². The van der Waals surface area contributed by atoms with Gasteiger partial charge in [-0.15, -0.1) is 0 Å². The Bertz CT molecular complexity index is 420. The number of urea groups is 1. The average molecular weight is 298 g/mol. The summed E-state index contributed by atoms with van der Waals surface area (Å²) in [5.41, 5.74) is 0. The van der Waals surface area contributed by atoms with Gasteiger partial charge in [0.05, 0.1) is 19.3 Å². The fourth-order valence-corrected chi connectivity index (χ4v) is 3.09. The lowest BCUT2D eigenvalue weighted by Gasteiger charge is -2.34. The van der Waals surface area contributed by atoms with Gasteiger partial charge in [-0.2, -0.15) is 0 Å². The normalized spacial score (nSPS) is 25.3. The van der Waals surface area contributed by atoms with Crippen molar-refractivity contribution in [3.63, 3.8) is 0 Å². The summed E-state index contributed by atoms with van der Waals surface area (Å²) in [4.78, 5) is 37.5. The molecule has 1 aliphatic carbocycles. The number of nitrogens with one attached hydrogen (secondary N) is 1. The molecule has 0 spiro atoms. The van der Waals surface area contributed by atoms with Crippen LogP contribution in [0.1, 0.15) is 25.7 Å². The first-order valence-electron chi connectivity index (χ1n) is 7.26. The fourth-order valence-electron chi connectivity index (χ4n) is 3.09. The van der Waals surface area contributed by atoms with E-state index in [0.717, 1.165) is 30.6 Å². The standard InChI is InChI=1S/C14H22N2O5/c1-20-8-10(21-2)7-16-13(18)11(9-5-3-4-6-9)12(17)15-14(16)19/h9-11H,3-8H2,1-2H3,(H,15,17,19). The molecule has 1 saturated heterocycles. The molecule has 1 aliphatic heterocycles. The average Bonchev–Trinajstić information content (AvgIpc) is 2.95. The van der Waals surface area contributed by atoms with E-state index in [4.69, 9.17) is 9.47 Å². The molecule has 2 aliphatic rings. The largest absolute Gasteiger partial charge is 0.382 e. The number of ether oxygens (including phenoxy) is 2. The number of nitrogens with zero attached hydrogens (tertiary/aromatic N) is 1. The van der Waals surface area contributed by atoms with E-state index in [1.165, 1.54) is 14.2 Å². The number of barbiturate groups is 1. The molecule has 0 aromatic heterocycles. The van der Waals surface area contributed by atoms with Gasteiger partial charge in [0, 0.05) is 14.2 Å². The number of carbonyl (C=O) groups is 3. The molecule has 2 unspecified atom stereocenters. The second kappa shape index (κ2) is 7.00. The first kappa shape index (κ1) is 15.9.